The van der Waals surface area contributed by atoms with E-state index in [1.807, 2.05) is 35.6 Å². The molecule has 0 saturated heterocycles. The minimum absolute atomic E-state index is 0.191. The summed E-state index contributed by atoms with van der Waals surface area (Å²) in [5.74, 6) is -1.98. The van der Waals surface area contributed by atoms with E-state index in [9.17, 15) is 19.2 Å². The maximum absolute atomic E-state index is 12.5. The number of hydrogen-bond donors (Lipinski definition) is 3. The van der Waals surface area contributed by atoms with Crippen LogP contribution in [-0.4, -0.2) is 43.0 Å². The molecule has 4 amide bonds. The quantitative estimate of drug-likeness (QED) is 0.583. The van der Waals surface area contributed by atoms with Crippen LogP contribution in [0.5, 0.6) is 0 Å². The largest absolute Gasteiger partial charge is 0.454 e. The lowest BCUT2D eigenvalue weighted by molar-refractivity contribution is -0.150. The first-order valence-corrected chi connectivity index (χ1v) is 9.13. The van der Waals surface area contributed by atoms with Gasteiger partial charge >= 0.3 is 12.0 Å². The summed E-state index contributed by atoms with van der Waals surface area (Å²) in [4.78, 5) is 48.0. The minimum atomic E-state index is -0.998. The van der Waals surface area contributed by atoms with Gasteiger partial charge in [0.05, 0.1) is 0 Å². The highest BCUT2D eigenvalue weighted by atomic mass is 16.5. The number of hydrogen-bond acceptors (Lipinski definition) is 5. The topological polar surface area (TPSA) is 114 Å². The summed E-state index contributed by atoms with van der Waals surface area (Å²) >= 11 is 0. The second-order valence-electron chi connectivity index (χ2n) is 6.10. The smallest absolute Gasteiger partial charge is 0.329 e. The molecule has 152 valence electrons. The van der Waals surface area contributed by atoms with Crippen molar-refractivity contribution in [1.29, 1.82) is 0 Å². The van der Waals surface area contributed by atoms with Gasteiger partial charge in [-0.1, -0.05) is 48.5 Å². The number of nitrogens with one attached hydrogen (secondary N) is 3. The molecule has 0 aliphatic carbocycles. The molecule has 29 heavy (non-hydrogen) atoms. The third-order valence-corrected chi connectivity index (χ3v) is 3.84. The number of esters is 1. The van der Waals surface area contributed by atoms with Crippen LogP contribution >= 0.6 is 0 Å². The van der Waals surface area contributed by atoms with E-state index >= 15 is 0 Å². The van der Waals surface area contributed by atoms with Crippen molar-refractivity contribution in [3.8, 4) is 0 Å². The molecule has 0 aromatic heterocycles. The van der Waals surface area contributed by atoms with Gasteiger partial charge in [0.1, 0.15) is 6.04 Å². The van der Waals surface area contributed by atoms with Gasteiger partial charge in [-0.3, -0.25) is 14.9 Å². The summed E-state index contributed by atoms with van der Waals surface area (Å²) < 4.78 is 5.01. The van der Waals surface area contributed by atoms with E-state index < -0.39 is 36.5 Å². The van der Waals surface area contributed by atoms with Crippen LogP contribution in [0.2, 0.25) is 0 Å². The monoisotopic (exact) mass is 397 g/mol. The van der Waals surface area contributed by atoms with Crippen molar-refractivity contribution < 1.29 is 23.9 Å². The van der Waals surface area contributed by atoms with Gasteiger partial charge < -0.3 is 15.4 Å². The fourth-order valence-electron chi connectivity index (χ4n) is 2.48. The standard InChI is InChI=1S/C21H23N3O5/c1-2-22-21(28)24-18(25)14-29-20(27)17(13-15-9-5-3-6-10-15)23-19(26)16-11-7-4-8-12-16/h3-12,17H,2,13-14H2,1H3,(H,23,26)(H2,22,24,25,28)/t17-/m1/s1. The van der Waals surface area contributed by atoms with Gasteiger partial charge in [-0.2, -0.15) is 0 Å². The third-order valence-electron chi connectivity index (χ3n) is 3.84. The van der Waals surface area contributed by atoms with Crippen molar-refractivity contribution in [2.24, 2.45) is 0 Å². The Morgan fingerprint density at radius 3 is 2.17 bits per heavy atom. The normalized spacial score (nSPS) is 11.1. The van der Waals surface area contributed by atoms with E-state index in [1.165, 1.54) is 0 Å². The zero-order valence-corrected chi connectivity index (χ0v) is 16.0. The molecular formula is C21H23N3O5. The molecule has 0 bridgehead atoms. The van der Waals surface area contributed by atoms with Gasteiger partial charge in [0.15, 0.2) is 6.61 Å². The molecule has 0 aliphatic heterocycles. The lowest BCUT2D eigenvalue weighted by Gasteiger charge is -2.18. The number of carbonyl (C=O) groups is 4. The molecule has 0 unspecified atom stereocenters. The zero-order chi connectivity index (χ0) is 21.1. The number of imide groups is 1. The molecule has 0 fully saturated rings. The molecule has 0 spiro atoms. The van der Waals surface area contributed by atoms with Crippen molar-refractivity contribution in [2.75, 3.05) is 13.2 Å². The fourth-order valence-corrected chi connectivity index (χ4v) is 2.48. The molecule has 3 N–H and O–H groups in total. The van der Waals surface area contributed by atoms with Crippen molar-refractivity contribution in [3.05, 3.63) is 71.8 Å². The zero-order valence-electron chi connectivity index (χ0n) is 16.0. The number of benzene rings is 2. The predicted octanol–water partition coefficient (Wildman–Crippen LogP) is 1.42. The SMILES string of the molecule is CCNC(=O)NC(=O)COC(=O)[C@@H](Cc1ccccc1)NC(=O)c1ccccc1. The Labute approximate surface area is 168 Å². The fraction of sp³-hybridized carbons (Fsp3) is 0.238. The number of amides is 4. The Hall–Kier alpha value is -3.68. The van der Waals surface area contributed by atoms with Crippen LogP contribution in [0.25, 0.3) is 0 Å². The highest BCUT2D eigenvalue weighted by Gasteiger charge is 2.24. The highest BCUT2D eigenvalue weighted by molar-refractivity contribution is 5.98. The molecule has 0 heterocycles. The summed E-state index contributed by atoms with van der Waals surface area (Å²) in [6.45, 7) is 1.42. The second-order valence-corrected chi connectivity index (χ2v) is 6.10. The molecule has 1 atom stereocenters. The van der Waals surface area contributed by atoms with Gasteiger partial charge in [-0.15, -0.1) is 0 Å². The number of carbonyl (C=O) groups excluding carboxylic acids is 4. The Morgan fingerprint density at radius 1 is 0.931 bits per heavy atom. The summed E-state index contributed by atoms with van der Waals surface area (Å²) in [5, 5.41) is 7.08. The summed E-state index contributed by atoms with van der Waals surface area (Å²) in [6.07, 6.45) is 0.191. The average molecular weight is 397 g/mol. The third kappa shape index (κ3) is 7.45. The molecule has 2 aromatic rings. The highest BCUT2D eigenvalue weighted by Crippen LogP contribution is 2.07. The Morgan fingerprint density at radius 2 is 1.55 bits per heavy atom. The predicted molar refractivity (Wildman–Crippen MR) is 106 cm³/mol. The summed E-state index contributed by atoms with van der Waals surface area (Å²) in [7, 11) is 0. The molecule has 2 rings (SSSR count). The molecule has 8 nitrogen and oxygen atoms in total. The van der Waals surface area contributed by atoms with Gasteiger partial charge in [-0.05, 0) is 24.6 Å². The van der Waals surface area contributed by atoms with Crippen LogP contribution < -0.4 is 16.0 Å². The minimum Gasteiger partial charge on any atom is -0.454 e. The maximum atomic E-state index is 12.5. The van der Waals surface area contributed by atoms with Crippen LogP contribution in [0.1, 0.15) is 22.8 Å². The lowest BCUT2D eigenvalue weighted by atomic mass is 10.1. The van der Waals surface area contributed by atoms with Gasteiger partial charge in [0.25, 0.3) is 11.8 Å². The van der Waals surface area contributed by atoms with Gasteiger partial charge in [0, 0.05) is 18.5 Å². The first-order valence-electron chi connectivity index (χ1n) is 9.13. The van der Waals surface area contributed by atoms with Crippen LogP contribution in [-0.2, 0) is 20.7 Å². The molecule has 0 aliphatic rings. The van der Waals surface area contributed by atoms with Crippen molar-refractivity contribution in [3.63, 3.8) is 0 Å². The average Bonchev–Trinajstić information content (AvgIpc) is 2.73. The van der Waals surface area contributed by atoms with Crippen LogP contribution in [0.15, 0.2) is 60.7 Å². The molecule has 0 saturated carbocycles. The first-order chi connectivity index (χ1) is 14.0. The van der Waals surface area contributed by atoms with E-state index in [4.69, 9.17) is 4.74 Å². The van der Waals surface area contributed by atoms with E-state index in [1.54, 1.807) is 37.3 Å². The van der Waals surface area contributed by atoms with E-state index in [0.29, 0.717) is 12.1 Å². The Kier molecular flexibility index (Phi) is 8.37. The Bertz CT molecular complexity index is 840. The second kappa shape index (κ2) is 11.2. The lowest BCUT2D eigenvalue weighted by Crippen LogP contribution is -2.45. The van der Waals surface area contributed by atoms with Gasteiger partial charge in [-0.25, -0.2) is 9.59 Å². The van der Waals surface area contributed by atoms with Crippen molar-refractivity contribution in [2.45, 2.75) is 19.4 Å². The van der Waals surface area contributed by atoms with Gasteiger partial charge in [0.2, 0.25) is 0 Å². The van der Waals surface area contributed by atoms with Crippen LogP contribution in [0, 0.1) is 0 Å². The van der Waals surface area contributed by atoms with E-state index in [-0.39, 0.29) is 6.42 Å². The summed E-state index contributed by atoms with van der Waals surface area (Å²) in [6, 6.07) is 15.9. The summed E-state index contributed by atoms with van der Waals surface area (Å²) in [5.41, 5.74) is 1.21. The van der Waals surface area contributed by atoms with E-state index in [2.05, 4.69) is 10.6 Å². The molecule has 2 aromatic carbocycles. The van der Waals surface area contributed by atoms with Crippen molar-refractivity contribution >= 4 is 23.8 Å². The molecule has 0 radical (unpaired) electrons. The molecule has 8 heteroatoms. The number of rotatable bonds is 8. The molecular weight excluding hydrogens is 374 g/mol. The Balaban J connectivity index is 2.01. The number of urea groups is 1. The first kappa shape index (κ1) is 21.6. The maximum Gasteiger partial charge on any atom is 0.329 e. The van der Waals surface area contributed by atoms with Crippen LogP contribution in [0.3, 0.4) is 0 Å². The number of ether oxygens (including phenoxy) is 1. The van der Waals surface area contributed by atoms with E-state index in [0.717, 1.165) is 5.56 Å². The van der Waals surface area contributed by atoms with Crippen LogP contribution in [0.4, 0.5) is 4.79 Å². The van der Waals surface area contributed by atoms with Crippen molar-refractivity contribution in [1.82, 2.24) is 16.0 Å².